The number of anilines is 1. The summed E-state index contributed by atoms with van der Waals surface area (Å²) >= 11 is 0. The Labute approximate surface area is 211 Å². The van der Waals surface area contributed by atoms with Crippen LogP contribution < -0.4 is 15.8 Å². The van der Waals surface area contributed by atoms with E-state index >= 15 is 0 Å². The topological polar surface area (TPSA) is 106 Å². The first-order chi connectivity index (χ1) is 17.5. The summed E-state index contributed by atoms with van der Waals surface area (Å²) in [6.07, 6.45) is 12.3. The molecule has 1 aliphatic carbocycles. The predicted octanol–water partition coefficient (Wildman–Crippen LogP) is 3.87. The van der Waals surface area contributed by atoms with Gasteiger partial charge in [-0.3, -0.25) is 4.79 Å². The third-order valence-corrected chi connectivity index (χ3v) is 6.01. The monoisotopic (exact) mass is 481 g/mol. The minimum absolute atomic E-state index is 0.148. The number of aromatic nitrogens is 2. The highest BCUT2D eigenvalue weighted by atomic mass is 16.5. The number of nitrogens with one attached hydrogen (secondary N) is 1. The SMILES string of the molecule is C=C/C=C\C(=C)Oc1ccc(C2=N/[N+](=C\C3CCC(NC(=O)C#CC)CC3)c3ncnc(N)c32)cc1. The van der Waals surface area contributed by atoms with Crippen LogP contribution in [0.4, 0.5) is 11.6 Å². The van der Waals surface area contributed by atoms with Crippen molar-refractivity contribution in [3.63, 3.8) is 0 Å². The molecule has 0 radical (unpaired) electrons. The zero-order chi connectivity index (χ0) is 25.5. The van der Waals surface area contributed by atoms with Crippen LogP contribution in [0.3, 0.4) is 0 Å². The van der Waals surface area contributed by atoms with Crippen LogP contribution in [-0.2, 0) is 4.79 Å². The van der Waals surface area contributed by atoms with Crippen molar-refractivity contribution < 1.29 is 14.2 Å². The van der Waals surface area contributed by atoms with Crippen LogP contribution in [0.5, 0.6) is 5.75 Å². The fraction of sp³-hybridized carbons (Fsp3) is 0.250. The molecule has 1 fully saturated rings. The van der Waals surface area contributed by atoms with Crippen LogP contribution in [0, 0.1) is 17.8 Å². The van der Waals surface area contributed by atoms with Gasteiger partial charge in [-0.05, 0) is 73.9 Å². The maximum absolute atomic E-state index is 11.8. The van der Waals surface area contributed by atoms with Crippen LogP contribution in [0.25, 0.3) is 0 Å². The van der Waals surface area contributed by atoms with Gasteiger partial charge in [0.1, 0.15) is 34.8 Å². The third-order valence-electron chi connectivity index (χ3n) is 6.01. The summed E-state index contributed by atoms with van der Waals surface area (Å²) in [5, 5.41) is 7.83. The molecule has 0 bridgehead atoms. The van der Waals surface area contributed by atoms with Gasteiger partial charge in [0.25, 0.3) is 5.91 Å². The molecular weight excluding hydrogens is 452 g/mol. The molecule has 1 aliphatic heterocycles. The summed E-state index contributed by atoms with van der Waals surface area (Å²) in [6.45, 7) is 9.17. The summed E-state index contributed by atoms with van der Waals surface area (Å²) in [6, 6.07) is 7.71. The van der Waals surface area contributed by atoms with Crippen LogP contribution in [-0.4, -0.2) is 38.5 Å². The molecule has 0 spiro atoms. The lowest BCUT2D eigenvalue weighted by atomic mass is 9.86. The highest BCUT2D eigenvalue weighted by molar-refractivity contribution is 6.18. The van der Waals surface area contributed by atoms with Crippen LogP contribution >= 0.6 is 0 Å². The third kappa shape index (κ3) is 5.76. The summed E-state index contributed by atoms with van der Waals surface area (Å²) < 4.78 is 7.53. The molecule has 1 aromatic heterocycles. The number of fused-ring (bicyclic) bond motifs is 1. The van der Waals surface area contributed by atoms with E-state index in [4.69, 9.17) is 15.6 Å². The molecule has 8 nitrogen and oxygen atoms in total. The van der Waals surface area contributed by atoms with Crippen molar-refractivity contribution in [3.8, 4) is 17.6 Å². The molecule has 2 aliphatic rings. The lowest BCUT2D eigenvalue weighted by molar-refractivity contribution is -0.442. The van der Waals surface area contributed by atoms with Gasteiger partial charge in [0.2, 0.25) is 6.33 Å². The molecule has 3 N–H and O–H groups in total. The minimum Gasteiger partial charge on any atom is -0.458 e. The Morgan fingerprint density at radius 1 is 1.22 bits per heavy atom. The number of carbonyl (C=O) groups is 1. The number of hydrazone groups is 1. The largest absolute Gasteiger partial charge is 0.458 e. The fourth-order valence-electron chi connectivity index (χ4n) is 4.29. The van der Waals surface area contributed by atoms with E-state index in [1.54, 1.807) is 29.8 Å². The van der Waals surface area contributed by atoms with Gasteiger partial charge >= 0.3 is 5.82 Å². The molecule has 182 valence electrons. The fourth-order valence-corrected chi connectivity index (χ4v) is 4.29. The summed E-state index contributed by atoms with van der Waals surface area (Å²) in [7, 11) is 0. The molecule has 1 amide bonds. The number of hydrogen-bond acceptors (Lipinski definition) is 6. The summed E-state index contributed by atoms with van der Waals surface area (Å²) in [5.74, 6) is 7.47. The number of nitrogen functional groups attached to an aromatic ring is 1. The van der Waals surface area contributed by atoms with E-state index in [1.807, 2.05) is 24.3 Å². The Morgan fingerprint density at radius 2 is 1.97 bits per heavy atom. The number of rotatable bonds is 7. The van der Waals surface area contributed by atoms with Gasteiger partial charge in [-0.15, -0.1) is 4.68 Å². The van der Waals surface area contributed by atoms with E-state index in [2.05, 4.69) is 46.5 Å². The van der Waals surface area contributed by atoms with Crippen molar-refractivity contribution >= 4 is 29.5 Å². The van der Waals surface area contributed by atoms with Crippen molar-refractivity contribution in [2.75, 3.05) is 5.73 Å². The number of nitrogens with two attached hydrogens (primary N) is 1. The van der Waals surface area contributed by atoms with E-state index in [-0.39, 0.29) is 11.9 Å². The van der Waals surface area contributed by atoms with Gasteiger partial charge < -0.3 is 15.8 Å². The number of carbonyl (C=O) groups excluding carboxylic acids is 1. The van der Waals surface area contributed by atoms with E-state index in [1.165, 1.54) is 6.33 Å². The van der Waals surface area contributed by atoms with E-state index in [0.717, 1.165) is 31.2 Å². The molecule has 1 saturated carbocycles. The smallest absolute Gasteiger partial charge is 0.363 e. The molecule has 0 atom stereocenters. The quantitative estimate of drug-likeness (QED) is 0.270. The molecule has 0 unspecified atom stereocenters. The zero-order valence-electron chi connectivity index (χ0n) is 20.3. The molecule has 0 saturated heterocycles. The molecule has 2 heterocycles. The molecule has 2 aromatic rings. The predicted molar refractivity (Wildman–Crippen MR) is 141 cm³/mol. The first-order valence-corrected chi connectivity index (χ1v) is 11.8. The summed E-state index contributed by atoms with van der Waals surface area (Å²) in [5.41, 5.74) is 8.53. The van der Waals surface area contributed by atoms with Gasteiger partial charge in [0, 0.05) is 17.5 Å². The van der Waals surface area contributed by atoms with Crippen molar-refractivity contribution in [1.82, 2.24) is 15.3 Å². The van der Waals surface area contributed by atoms with E-state index in [9.17, 15) is 4.79 Å². The Bertz CT molecular complexity index is 1320. The van der Waals surface area contributed by atoms with Crippen LogP contribution in [0.1, 0.15) is 43.7 Å². The number of nitrogens with zero attached hydrogens (tertiary/aromatic N) is 4. The number of amides is 1. The Morgan fingerprint density at radius 3 is 2.67 bits per heavy atom. The molecule has 4 rings (SSSR count). The normalized spacial score (nSPS) is 19.7. The number of hydrogen-bond donors (Lipinski definition) is 2. The summed E-state index contributed by atoms with van der Waals surface area (Å²) in [4.78, 5) is 20.4. The van der Waals surface area contributed by atoms with Crippen molar-refractivity contribution in [2.24, 2.45) is 11.0 Å². The number of ether oxygens (including phenoxy) is 1. The van der Waals surface area contributed by atoms with Crippen LogP contribution in [0.15, 0.2) is 72.8 Å². The van der Waals surface area contributed by atoms with Gasteiger partial charge in [0.05, 0.1) is 0 Å². The van der Waals surface area contributed by atoms with Crippen molar-refractivity contribution in [2.45, 2.75) is 38.6 Å². The maximum atomic E-state index is 11.8. The molecular formula is C28H29N6O2+. The standard InChI is InChI=1S/C28H28N6O2/c1-4-6-8-19(3)36-23-15-11-21(12-16-23)26-25-27(29)30-18-31-28(25)34(33-26)17-20-9-13-22(14-10-20)32-24(35)7-5-2/h4,6,8,11-12,15-18,20,22H,1,3,9-10,13-14H2,2H3,(H2-,29,30,31,32,33,35)/p+1/b8-6-,34-17-. The highest BCUT2D eigenvalue weighted by Gasteiger charge is 2.34. The number of allylic oxidation sites excluding steroid dienone is 3. The molecule has 8 heteroatoms. The number of benzene rings is 1. The minimum atomic E-state index is -0.214. The average Bonchev–Trinajstić information content (AvgIpc) is 3.24. The Hall–Kier alpha value is -4.51. The Balaban J connectivity index is 1.53. The van der Waals surface area contributed by atoms with Crippen LogP contribution in [0.2, 0.25) is 0 Å². The van der Waals surface area contributed by atoms with Gasteiger partial charge in [-0.1, -0.05) is 36.3 Å². The van der Waals surface area contributed by atoms with Crippen molar-refractivity contribution in [3.05, 3.63) is 78.9 Å². The highest BCUT2D eigenvalue weighted by Crippen LogP contribution is 2.32. The maximum Gasteiger partial charge on any atom is 0.363 e. The van der Waals surface area contributed by atoms with Gasteiger partial charge in [0.15, 0.2) is 0 Å². The van der Waals surface area contributed by atoms with E-state index in [0.29, 0.717) is 40.3 Å². The van der Waals surface area contributed by atoms with Crippen molar-refractivity contribution in [1.29, 1.82) is 0 Å². The first kappa shape index (κ1) is 24.6. The van der Waals surface area contributed by atoms with Gasteiger partial charge in [-0.25, -0.2) is 0 Å². The van der Waals surface area contributed by atoms with E-state index < -0.39 is 0 Å². The second kappa shape index (κ2) is 11.3. The average molecular weight is 482 g/mol. The molecule has 36 heavy (non-hydrogen) atoms. The lowest BCUT2D eigenvalue weighted by Crippen LogP contribution is -2.37. The first-order valence-electron chi connectivity index (χ1n) is 11.8. The molecule has 1 aromatic carbocycles. The Kier molecular flexibility index (Phi) is 7.71. The zero-order valence-corrected chi connectivity index (χ0v) is 20.3. The lowest BCUT2D eigenvalue weighted by Gasteiger charge is -2.25. The van der Waals surface area contributed by atoms with Gasteiger partial charge in [-0.2, -0.15) is 4.98 Å². The second-order valence-electron chi connectivity index (χ2n) is 8.55. The second-order valence-corrected chi connectivity index (χ2v) is 8.55.